The molecule has 4 heteroatoms. The Morgan fingerprint density at radius 2 is 2.06 bits per heavy atom. The van der Waals surface area contributed by atoms with Crippen LogP contribution >= 0.6 is 11.6 Å². The van der Waals surface area contributed by atoms with Crippen molar-refractivity contribution in [2.45, 2.75) is 44.0 Å². The molecule has 0 amide bonds. The third-order valence-corrected chi connectivity index (χ3v) is 4.39. The SMILES string of the molecule is ClCc1cnc(N2CCCC3CCCC32)cn1. The summed E-state index contributed by atoms with van der Waals surface area (Å²) in [4.78, 5) is 11.3. The van der Waals surface area contributed by atoms with Crippen molar-refractivity contribution in [1.82, 2.24) is 9.97 Å². The van der Waals surface area contributed by atoms with Gasteiger partial charge in [0, 0.05) is 12.6 Å². The highest BCUT2D eigenvalue weighted by molar-refractivity contribution is 6.16. The maximum Gasteiger partial charge on any atom is 0.147 e. The van der Waals surface area contributed by atoms with Crippen LogP contribution in [0.5, 0.6) is 0 Å². The van der Waals surface area contributed by atoms with Gasteiger partial charge in [0.25, 0.3) is 0 Å². The van der Waals surface area contributed by atoms with Gasteiger partial charge < -0.3 is 4.90 Å². The van der Waals surface area contributed by atoms with Crippen molar-refractivity contribution in [2.24, 2.45) is 5.92 Å². The summed E-state index contributed by atoms with van der Waals surface area (Å²) in [5.74, 6) is 2.37. The molecule has 17 heavy (non-hydrogen) atoms. The molecule has 1 saturated heterocycles. The Balaban J connectivity index is 1.81. The number of fused-ring (bicyclic) bond motifs is 1. The van der Waals surface area contributed by atoms with Gasteiger partial charge in [-0.15, -0.1) is 11.6 Å². The van der Waals surface area contributed by atoms with Gasteiger partial charge >= 0.3 is 0 Å². The Labute approximate surface area is 107 Å². The zero-order valence-electron chi connectivity index (χ0n) is 9.98. The Bertz CT molecular complexity index is 379. The molecule has 1 aromatic heterocycles. The molecule has 2 heterocycles. The lowest BCUT2D eigenvalue weighted by Crippen LogP contribution is -2.43. The van der Waals surface area contributed by atoms with Crippen LogP contribution in [0.1, 0.15) is 37.8 Å². The van der Waals surface area contributed by atoms with Gasteiger partial charge in [-0.05, 0) is 31.6 Å². The maximum absolute atomic E-state index is 5.74. The Kier molecular flexibility index (Phi) is 3.19. The van der Waals surface area contributed by atoms with Crippen LogP contribution in [0.4, 0.5) is 5.82 Å². The summed E-state index contributed by atoms with van der Waals surface area (Å²) in [5.41, 5.74) is 0.857. The highest BCUT2D eigenvalue weighted by Gasteiger charge is 2.35. The van der Waals surface area contributed by atoms with Gasteiger partial charge in [0.1, 0.15) is 5.82 Å². The number of nitrogens with zero attached hydrogens (tertiary/aromatic N) is 3. The molecule has 0 aromatic carbocycles. The normalized spacial score (nSPS) is 28.2. The average Bonchev–Trinajstić information content (AvgIpc) is 2.87. The lowest BCUT2D eigenvalue weighted by Gasteiger charge is -2.38. The van der Waals surface area contributed by atoms with Crippen LogP contribution in [-0.2, 0) is 5.88 Å². The molecule has 2 unspecified atom stereocenters. The number of rotatable bonds is 2. The number of piperidine rings is 1. The molecule has 1 saturated carbocycles. The highest BCUT2D eigenvalue weighted by Crippen LogP contribution is 2.38. The molecule has 0 N–H and O–H groups in total. The lowest BCUT2D eigenvalue weighted by molar-refractivity contribution is 0.360. The van der Waals surface area contributed by atoms with Crippen LogP contribution in [0.25, 0.3) is 0 Å². The standard InChI is InChI=1S/C13H18ClN3/c14-7-11-8-16-13(9-15-11)17-6-2-4-10-3-1-5-12(10)17/h8-10,12H,1-7H2. The minimum atomic E-state index is 0.444. The number of halogens is 1. The van der Waals surface area contributed by atoms with E-state index in [2.05, 4.69) is 14.9 Å². The average molecular weight is 252 g/mol. The second-order valence-corrected chi connectivity index (χ2v) is 5.36. The molecule has 0 spiro atoms. The second-order valence-electron chi connectivity index (χ2n) is 5.09. The molecule has 92 valence electrons. The van der Waals surface area contributed by atoms with E-state index in [9.17, 15) is 0 Å². The molecule has 1 aliphatic heterocycles. The number of hydrogen-bond donors (Lipinski definition) is 0. The monoisotopic (exact) mass is 251 g/mol. The summed E-state index contributed by atoms with van der Waals surface area (Å²) in [7, 11) is 0. The highest BCUT2D eigenvalue weighted by atomic mass is 35.5. The Morgan fingerprint density at radius 3 is 2.82 bits per heavy atom. The van der Waals surface area contributed by atoms with E-state index in [-0.39, 0.29) is 0 Å². The van der Waals surface area contributed by atoms with Crippen LogP contribution in [-0.4, -0.2) is 22.6 Å². The second kappa shape index (κ2) is 4.81. The Hall–Kier alpha value is -0.830. The molecule has 2 atom stereocenters. The smallest absolute Gasteiger partial charge is 0.147 e. The summed E-state index contributed by atoms with van der Waals surface area (Å²) >= 11 is 5.74. The van der Waals surface area contributed by atoms with Crippen molar-refractivity contribution < 1.29 is 0 Å². The fourth-order valence-electron chi connectivity index (χ4n) is 3.30. The minimum Gasteiger partial charge on any atom is -0.352 e. The number of hydrogen-bond acceptors (Lipinski definition) is 3. The maximum atomic E-state index is 5.74. The van der Waals surface area contributed by atoms with Gasteiger partial charge in [0.15, 0.2) is 0 Å². The third-order valence-electron chi connectivity index (χ3n) is 4.12. The van der Waals surface area contributed by atoms with E-state index in [1.165, 1.54) is 32.1 Å². The van der Waals surface area contributed by atoms with Gasteiger partial charge in [0.05, 0.1) is 24.0 Å². The van der Waals surface area contributed by atoms with Crippen molar-refractivity contribution in [2.75, 3.05) is 11.4 Å². The van der Waals surface area contributed by atoms with Gasteiger partial charge in [-0.25, -0.2) is 4.98 Å². The van der Waals surface area contributed by atoms with E-state index in [0.29, 0.717) is 11.9 Å². The molecule has 0 radical (unpaired) electrons. The first kappa shape index (κ1) is 11.3. The first-order chi connectivity index (χ1) is 8.38. The summed E-state index contributed by atoms with van der Waals surface area (Å²) in [6, 6.07) is 0.708. The largest absolute Gasteiger partial charge is 0.352 e. The molecule has 2 fully saturated rings. The van der Waals surface area contributed by atoms with Crippen LogP contribution in [0.3, 0.4) is 0 Å². The van der Waals surface area contributed by atoms with E-state index in [1.807, 2.05) is 6.20 Å². The quantitative estimate of drug-likeness (QED) is 0.757. The van der Waals surface area contributed by atoms with Crippen molar-refractivity contribution in [3.05, 3.63) is 18.1 Å². The van der Waals surface area contributed by atoms with Crippen LogP contribution in [0.15, 0.2) is 12.4 Å². The predicted octanol–water partition coefficient (Wildman–Crippen LogP) is 2.98. The van der Waals surface area contributed by atoms with E-state index in [0.717, 1.165) is 24.0 Å². The number of alkyl halides is 1. The fraction of sp³-hybridized carbons (Fsp3) is 0.692. The van der Waals surface area contributed by atoms with Crippen LogP contribution < -0.4 is 4.90 Å². The summed E-state index contributed by atoms with van der Waals surface area (Å²) in [5, 5.41) is 0. The van der Waals surface area contributed by atoms with Gasteiger partial charge in [0.2, 0.25) is 0 Å². The molecule has 3 nitrogen and oxygen atoms in total. The molecule has 0 bridgehead atoms. The van der Waals surface area contributed by atoms with Crippen molar-refractivity contribution in [3.63, 3.8) is 0 Å². The minimum absolute atomic E-state index is 0.444. The van der Waals surface area contributed by atoms with E-state index in [4.69, 9.17) is 11.6 Å². The fourth-order valence-corrected chi connectivity index (χ4v) is 3.44. The number of aromatic nitrogens is 2. The summed E-state index contributed by atoms with van der Waals surface area (Å²) in [6.07, 6.45) is 10.5. The molecular formula is C13H18ClN3. The zero-order valence-corrected chi connectivity index (χ0v) is 10.7. The van der Waals surface area contributed by atoms with Crippen molar-refractivity contribution in [1.29, 1.82) is 0 Å². The number of anilines is 1. The summed E-state index contributed by atoms with van der Waals surface area (Å²) < 4.78 is 0. The van der Waals surface area contributed by atoms with Crippen molar-refractivity contribution in [3.8, 4) is 0 Å². The topological polar surface area (TPSA) is 29.0 Å². The van der Waals surface area contributed by atoms with Crippen LogP contribution in [0, 0.1) is 5.92 Å². The van der Waals surface area contributed by atoms with Gasteiger partial charge in [-0.1, -0.05) is 6.42 Å². The van der Waals surface area contributed by atoms with Crippen LogP contribution in [0.2, 0.25) is 0 Å². The predicted molar refractivity (Wildman–Crippen MR) is 69.3 cm³/mol. The van der Waals surface area contributed by atoms with E-state index < -0.39 is 0 Å². The molecule has 3 rings (SSSR count). The molecule has 1 aliphatic carbocycles. The zero-order chi connectivity index (χ0) is 11.7. The van der Waals surface area contributed by atoms with E-state index >= 15 is 0 Å². The molecule has 2 aliphatic rings. The first-order valence-electron chi connectivity index (χ1n) is 6.52. The van der Waals surface area contributed by atoms with Gasteiger partial charge in [-0.3, -0.25) is 4.98 Å². The molecular weight excluding hydrogens is 234 g/mol. The third kappa shape index (κ3) is 2.13. The Morgan fingerprint density at radius 1 is 1.18 bits per heavy atom. The summed E-state index contributed by atoms with van der Waals surface area (Å²) in [6.45, 7) is 1.13. The van der Waals surface area contributed by atoms with Crippen molar-refractivity contribution >= 4 is 17.4 Å². The lowest BCUT2D eigenvalue weighted by atomic mass is 9.92. The first-order valence-corrected chi connectivity index (χ1v) is 7.05. The van der Waals surface area contributed by atoms with E-state index in [1.54, 1.807) is 6.20 Å². The molecule has 1 aromatic rings. The van der Waals surface area contributed by atoms with Gasteiger partial charge in [-0.2, -0.15) is 0 Å².